The molecule has 0 amide bonds. The summed E-state index contributed by atoms with van der Waals surface area (Å²) in [5, 5.41) is 12.6. The van der Waals surface area contributed by atoms with Gasteiger partial charge in [-0.3, -0.25) is 0 Å². The number of aryl methyl sites for hydroxylation is 1. The molecule has 2 aromatic rings. The smallest absolute Gasteiger partial charge is 0.335 e. The predicted molar refractivity (Wildman–Crippen MR) is 87.0 cm³/mol. The summed E-state index contributed by atoms with van der Waals surface area (Å²) in [6.45, 7) is 3.00. The predicted octanol–water partition coefficient (Wildman–Crippen LogP) is 3.73. The largest absolute Gasteiger partial charge is 0.478 e. The monoisotopic (exact) mass is 295 g/mol. The lowest BCUT2D eigenvalue weighted by molar-refractivity contribution is 0.0697. The lowest BCUT2D eigenvalue weighted by Gasteiger charge is -2.37. The lowest BCUT2D eigenvalue weighted by atomic mass is 9.77. The first-order chi connectivity index (χ1) is 10.6. The summed E-state index contributed by atoms with van der Waals surface area (Å²) in [4.78, 5) is 10.9. The third-order valence-corrected chi connectivity index (χ3v) is 4.62. The van der Waals surface area contributed by atoms with Crippen molar-refractivity contribution in [3.63, 3.8) is 0 Å². The highest BCUT2D eigenvalue weighted by Crippen LogP contribution is 2.35. The summed E-state index contributed by atoms with van der Waals surface area (Å²) in [5.41, 5.74) is 4.25. The topological polar surface area (TPSA) is 49.3 Å². The van der Waals surface area contributed by atoms with E-state index in [9.17, 15) is 4.79 Å². The van der Waals surface area contributed by atoms with Gasteiger partial charge in [0.15, 0.2) is 0 Å². The first-order valence-corrected chi connectivity index (χ1v) is 7.74. The Bertz CT molecular complexity index is 678. The van der Waals surface area contributed by atoms with E-state index in [1.165, 1.54) is 17.5 Å². The molecule has 1 unspecified atom stereocenters. The molecule has 0 fully saturated rings. The van der Waals surface area contributed by atoms with Gasteiger partial charge in [0.25, 0.3) is 0 Å². The van der Waals surface area contributed by atoms with Crippen LogP contribution in [0.5, 0.6) is 0 Å². The van der Waals surface area contributed by atoms with Gasteiger partial charge in [-0.05, 0) is 55.0 Å². The van der Waals surface area contributed by atoms with Crippen LogP contribution in [0.3, 0.4) is 0 Å². The molecule has 22 heavy (non-hydrogen) atoms. The molecule has 0 saturated carbocycles. The van der Waals surface area contributed by atoms with E-state index in [4.69, 9.17) is 5.11 Å². The van der Waals surface area contributed by atoms with Crippen molar-refractivity contribution >= 4 is 5.97 Å². The zero-order valence-electron chi connectivity index (χ0n) is 12.8. The summed E-state index contributed by atoms with van der Waals surface area (Å²) < 4.78 is 0. The maximum atomic E-state index is 10.9. The highest BCUT2D eigenvalue weighted by atomic mass is 16.4. The van der Waals surface area contributed by atoms with E-state index in [1.807, 2.05) is 12.1 Å². The number of hydrogen-bond donors (Lipinski definition) is 2. The van der Waals surface area contributed by atoms with Crippen molar-refractivity contribution in [2.75, 3.05) is 0 Å². The van der Waals surface area contributed by atoms with Crippen molar-refractivity contribution in [2.45, 2.75) is 38.3 Å². The van der Waals surface area contributed by atoms with Crippen LogP contribution in [0.2, 0.25) is 0 Å². The maximum Gasteiger partial charge on any atom is 0.335 e. The first-order valence-electron chi connectivity index (χ1n) is 7.74. The number of rotatable bonds is 4. The molecule has 0 aromatic heterocycles. The van der Waals surface area contributed by atoms with Crippen molar-refractivity contribution in [1.82, 2.24) is 5.32 Å². The van der Waals surface area contributed by atoms with Gasteiger partial charge >= 0.3 is 5.97 Å². The van der Waals surface area contributed by atoms with Gasteiger partial charge in [-0.2, -0.15) is 0 Å². The number of carbonyl (C=O) groups is 1. The van der Waals surface area contributed by atoms with Crippen LogP contribution in [-0.4, -0.2) is 11.1 Å². The minimum atomic E-state index is -0.882. The highest BCUT2D eigenvalue weighted by Gasteiger charge is 2.30. The molecular weight excluding hydrogens is 274 g/mol. The van der Waals surface area contributed by atoms with E-state index in [2.05, 4.69) is 36.5 Å². The highest BCUT2D eigenvalue weighted by molar-refractivity contribution is 5.87. The molecule has 114 valence electrons. The normalized spacial score (nSPS) is 20.4. The van der Waals surface area contributed by atoms with E-state index in [-0.39, 0.29) is 5.54 Å². The molecule has 2 N–H and O–H groups in total. The number of fused-ring (bicyclic) bond motifs is 1. The second-order valence-corrected chi connectivity index (χ2v) is 6.20. The summed E-state index contributed by atoms with van der Waals surface area (Å²) in [7, 11) is 0. The van der Waals surface area contributed by atoms with Crippen LogP contribution in [0.4, 0.5) is 0 Å². The van der Waals surface area contributed by atoms with Crippen LogP contribution in [0.25, 0.3) is 0 Å². The average Bonchev–Trinajstić information content (AvgIpc) is 2.54. The quantitative estimate of drug-likeness (QED) is 0.903. The van der Waals surface area contributed by atoms with Crippen molar-refractivity contribution < 1.29 is 9.90 Å². The number of hydrogen-bond acceptors (Lipinski definition) is 2. The van der Waals surface area contributed by atoms with Gasteiger partial charge in [0.05, 0.1) is 5.56 Å². The molecule has 3 heteroatoms. The van der Waals surface area contributed by atoms with Gasteiger partial charge < -0.3 is 10.4 Å². The van der Waals surface area contributed by atoms with Gasteiger partial charge in [-0.15, -0.1) is 0 Å². The minimum absolute atomic E-state index is 0.0136. The molecular formula is C19H21NO2. The van der Waals surface area contributed by atoms with E-state index in [0.29, 0.717) is 5.56 Å². The van der Waals surface area contributed by atoms with Crippen molar-refractivity contribution in [3.05, 3.63) is 70.8 Å². The molecule has 1 aliphatic rings. The average molecular weight is 295 g/mol. The van der Waals surface area contributed by atoms with Crippen LogP contribution in [0, 0.1) is 0 Å². The number of benzene rings is 2. The molecule has 0 spiro atoms. The fraction of sp³-hybridized carbons (Fsp3) is 0.316. The van der Waals surface area contributed by atoms with E-state index >= 15 is 0 Å². The fourth-order valence-corrected chi connectivity index (χ4v) is 3.29. The SMILES string of the molecule is CC1(NCc2ccc(C(=O)O)cc2)CCCc2ccccc21. The Morgan fingerprint density at radius 2 is 1.91 bits per heavy atom. The van der Waals surface area contributed by atoms with E-state index in [0.717, 1.165) is 24.9 Å². The number of carboxylic acids is 1. The van der Waals surface area contributed by atoms with Crippen LogP contribution < -0.4 is 5.32 Å². The summed E-state index contributed by atoms with van der Waals surface area (Å²) in [6.07, 6.45) is 3.47. The van der Waals surface area contributed by atoms with Crippen LogP contribution >= 0.6 is 0 Å². The molecule has 0 bridgehead atoms. The number of nitrogens with one attached hydrogen (secondary N) is 1. The van der Waals surface area contributed by atoms with Crippen LogP contribution in [0.1, 0.15) is 46.8 Å². The number of carboxylic acid groups (broad SMARTS) is 1. The molecule has 0 radical (unpaired) electrons. The molecule has 1 atom stereocenters. The molecule has 0 saturated heterocycles. The Hall–Kier alpha value is -2.13. The van der Waals surface area contributed by atoms with Crippen LogP contribution in [-0.2, 0) is 18.5 Å². The van der Waals surface area contributed by atoms with Crippen molar-refractivity contribution in [3.8, 4) is 0 Å². The summed E-state index contributed by atoms with van der Waals surface area (Å²) >= 11 is 0. The summed E-state index contributed by atoms with van der Waals surface area (Å²) in [5.74, 6) is -0.882. The maximum absolute atomic E-state index is 10.9. The molecule has 1 aliphatic carbocycles. The lowest BCUT2D eigenvalue weighted by Crippen LogP contribution is -2.41. The second-order valence-electron chi connectivity index (χ2n) is 6.20. The zero-order chi connectivity index (χ0) is 15.6. The Balaban J connectivity index is 1.75. The Kier molecular flexibility index (Phi) is 3.99. The Morgan fingerprint density at radius 1 is 1.18 bits per heavy atom. The number of aromatic carboxylic acids is 1. The van der Waals surface area contributed by atoms with Gasteiger partial charge in [0.1, 0.15) is 0 Å². The first kappa shape index (κ1) is 14.8. The zero-order valence-corrected chi connectivity index (χ0v) is 12.8. The van der Waals surface area contributed by atoms with Gasteiger partial charge in [-0.25, -0.2) is 4.79 Å². The minimum Gasteiger partial charge on any atom is -0.478 e. The molecule has 0 aliphatic heterocycles. The van der Waals surface area contributed by atoms with E-state index in [1.54, 1.807) is 12.1 Å². The standard InChI is InChI=1S/C19H21NO2/c1-19(12-4-6-15-5-2-3-7-17(15)19)20-13-14-8-10-16(11-9-14)18(21)22/h2-3,5,7-11,20H,4,6,12-13H2,1H3,(H,21,22). The second kappa shape index (κ2) is 5.93. The third-order valence-electron chi connectivity index (χ3n) is 4.62. The fourth-order valence-electron chi connectivity index (χ4n) is 3.29. The molecule has 2 aromatic carbocycles. The van der Waals surface area contributed by atoms with Crippen molar-refractivity contribution in [2.24, 2.45) is 0 Å². The third kappa shape index (κ3) is 2.90. The van der Waals surface area contributed by atoms with E-state index < -0.39 is 5.97 Å². The Morgan fingerprint density at radius 3 is 2.64 bits per heavy atom. The molecule has 3 rings (SSSR count). The summed E-state index contributed by atoms with van der Waals surface area (Å²) in [6, 6.07) is 15.7. The van der Waals surface area contributed by atoms with Crippen LogP contribution in [0.15, 0.2) is 48.5 Å². The van der Waals surface area contributed by atoms with Gasteiger partial charge in [0, 0.05) is 12.1 Å². The van der Waals surface area contributed by atoms with Crippen molar-refractivity contribution in [1.29, 1.82) is 0 Å². The Labute approximate surface area is 131 Å². The van der Waals surface area contributed by atoms with Gasteiger partial charge in [0.2, 0.25) is 0 Å². The molecule has 0 heterocycles. The molecule has 3 nitrogen and oxygen atoms in total. The van der Waals surface area contributed by atoms with Gasteiger partial charge in [-0.1, -0.05) is 36.4 Å².